The van der Waals surface area contributed by atoms with E-state index in [1.54, 1.807) is 37.3 Å². The highest BCUT2D eigenvalue weighted by atomic mass is 32.1. The quantitative estimate of drug-likeness (QED) is 0.511. The summed E-state index contributed by atoms with van der Waals surface area (Å²) in [6.45, 7) is 2.43. The number of carbonyl (C=O) groups is 1. The van der Waals surface area contributed by atoms with Crippen molar-refractivity contribution in [3.05, 3.63) is 35.9 Å². The Kier molecular flexibility index (Phi) is 6.66. The molecule has 0 radical (unpaired) electrons. The first-order valence-electron chi connectivity index (χ1n) is 10.4. The van der Waals surface area contributed by atoms with E-state index < -0.39 is 0 Å². The number of fused-ring (bicyclic) bond motifs is 2. The molecule has 170 valence electrons. The van der Waals surface area contributed by atoms with Gasteiger partial charge in [0.05, 0.1) is 24.4 Å². The summed E-state index contributed by atoms with van der Waals surface area (Å²) in [5.74, 6) is 2.36. The van der Waals surface area contributed by atoms with Gasteiger partial charge < -0.3 is 23.8 Å². The highest BCUT2D eigenvalue weighted by Gasteiger charge is 2.24. The number of anilines is 1. The molecule has 8 nitrogen and oxygen atoms in total. The van der Waals surface area contributed by atoms with Crippen molar-refractivity contribution < 1.29 is 23.7 Å². The fraction of sp³-hybridized carbons (Fsp3) is 0.391. The summed E-state index contributed by atoms with van der Waals surface area (Å²) < 4.78 is 23.0. The number of thiazole rings is 1. The van der Waals surface area contributed by atoms with Crippen LogP contribution in [0.25, 0.3) is 10.2 Å². The predicted octanol–water partition coefficient (Wildman–Crippen LogP) is 3.68. The van der Waals surface area contributed by atoms with E-state index in [-0.39, 0.29) is 5.91 Å². The highest BCUT2D eigenvalue weighted by Crippen LogP contribution is 2.39. The maximum absolute atomic E-state index is 13.6. The molecule has 1 aliphatic heterocycles. The van der Waals surface area contributed by atoms with Crippen LogP contribution in [0.4, 0.5) is 5.13 Å². The molecular weight excluding hydrogens is 430 g/mol. The van der Waals surface area contributed by atoms with Crippen LogP contribution in [0.3, 0.4) is 0 Å². The van der Waals surface area contributed by atoms with E-state index in [0.29, 0.717) is 53.5 Å². The Hall–Kier alpha value is -3.04. The molecule has 4 rings (SSSR count). The zero-order valence-electron chi connectivity index (χ0n) is 18.7. The SMILES string of the molecule is COc1cc(OC)cc(C(=O)N(CCCN(C)C)c2nc3cc4c(cc3s2)OCCO4)c1. The van der Waals surface area contributed by atoms with Crippen molar-refractivity contribution in [3.8, 4) is 23.0 Å². The third-order valence-electron chi connectivity index (χ3n) is 5.10. The number of amides is 1. The van der Waals surface area contributed by atoms with Gasteiger partial charge in [0.15, 0.2) is 16.6 Å². The third kappa shape index (κ3) is 4.73. The summed E-state index contributed by atoms with van der Waals surface area (Å²) in [5, 5.41) is 0.632. The topological polar surface area (TPSA) is 73.4 Å². The number of carbonyl (C=O) groups excluding carboxylic acids is 1. The molecule has 0 atom stereocenters. The number of hydrogen-bond acceptors (Lipinski definition) is 8. The van der Waals surface area contributed by atoms with E-state index in [1.807, 2.05) is 26.2 Å². The zero-order valence-corrected chi connectivity index (χ0v) is 19.5. The Morgan fingerprint density at radius 3 is 2.28 bits per heavy atom. The maximum atomic E-state index is 13.6. The summed E-state index contributed by atoms with van der Waals surface area (Å²) in [6, 6.07) is 8.99. The van der Waals surface area contributed by atoms with Gasteiger partial charge in [0.25, 0.3) is 5.91 Å². The van der Waals surface area contributed by atoms with Gasteiger partial charge in [-0.05, 0) is 39.2 Å². The average molecular weight is 458 g/mol. The number of nitrogens with zero attached hydrogens (tertiary/aromatic N) is 3. The number of ether oxygens (including phenoxy) is 4. The zero-order chi connectivity index (χ0) is 22.7. The fourth-order valence-electron chi connectivity index (χ4n) is 3.48. The Bertz CT molecular complexity index is 1050. The molecule has 0 N–H and O–H groups in total. The number of benzene rings is 2. The van der Waals surface area contributed by atoms with Crippen LogP contribution in [0.1, 0.15) is 16.8 Å². The molecule has 32 heavy (non-hydrogen) atoms. The van der Waals surface area contributed by atoms with Crippen molar-refractivity contribution in [1.29, 1.82) is 0 Å². The molecule has 3 aromatic rings. The minimum Gasteiger partial charge on any atom is -0.497 e. The van der Waals surface area contributed by atoms with Crippen molar-refractivity contribution >= 4 is 32.6 Å². The van der Waals surface area contributed by atoms with E-state index in [4.69, 9.17) is 23.9 Å². The standard InChI is InChI=1S/C23H27N3O5S/c1-25(2)6-5-7-26(22(27)15-10-16(28-3)12-17(11-15)29-4)23-24-18-13-19-20(14-21(18)32-23)31-9-8-30-19/h10-14H,5-9H2,1-4H3. The molecule has 1 aliphatic rings. The van der Waals surface area contributed by atoms with E-state index >= 15 is 0 Å². The van der Waals surface area contributed by atoms with Crippen LogP contribution in [0.5, 0.6) is 23.0 Å². The fourth-order valence-corrected chi connectivity index (χ4v) is 4.48. The lowest BCUT2D eigenvalue weighted by molar-refractivity contribution is 0.0985. The second kappa shape index (κ2) is 9.62. The van der Waals surface area contributed by atoms with E-state index in [2.05, 4.69) is 4.90 Å². The molecule has 1 amide bonds. The molecular formula is C23H27N3O5S. The summed E-state index contributed by atoms with van der Waals surface area (Å²) in [4.78, 5) is 22.2. The number of rotatable bonds is 8. The van der Waals surface area contributed by atoms with Gasteiger partial charge in [-0.3, -0.25) is 9.69 Å². The van der Waals surface area contributed by atoms with Gasteiger partial charge in [-0.25, -0.2) is 4.98 Å². The van der Waals surface area contributed by atoms with Gasteiger partial charge in [-0.2, -0.15) is 0 Å². The number of hydrogen-bond donors (Lipinski definition) is 0. The molecule has 0 fully saturated rings. The van der Waals surface area contributed by atoms with E-state index in [9.17, 15) is 4.79 Å². The number of methoxy groups -OCH3 is 2. The third-order valence-corrected chi connectivity index (χ3v) is 6.14. The Morgan fingerprint density at radius 1 is 1.00 bits per heavy atom. The molecule has 0 unspecified atom stereocenters. The van der Waals surface area contributed by atoms with Crippen LogP contribution in [0, 0.1) is 0 Å². The maximum Gasteiger partial charge on any atom is 0.260 e. The van der Waals surface area contributed by atoms with Crippen LogP contribution < -0.4 is 23.8 Å². The van der Waals surface area contributed by atoms with Gasteiger partial charge >= 0.3 is 0 Å². The van der Waals surface area contributed by atoms with E-state index in [1.165, 1.54) is 11.3 Å². The first-order valence-corrected chi connectivity index (χ1v) is 11.2. The first-order chi connectivity index (χ1) is 15.5. The van der Waals surface area contributed by atoms with Crippen molar-refractivity contribution in [2.75, 3.05) is 59.5 Å². The van der Waals surface area contributed by atoms with Crippen molar-refractivity contribution in [3.63, 3.8) is 0 Å². The lowest BCUT2D eigenvalue weighted by atomic mass is 10.1. The van der Waals surface area contributed by atoms with Gasteiger partial charge in [-0.15, -0.1) is 0 Å². The summed E-state index contributed by atoms with van der Waals surface area (Å²) in [7, 11) is 7.16. The largest absolute Gasteiger partial charge is 0.497 e. The normalized spacial score (nSPS) is 12.8. The van der Waals surface area contributed by atoms with Gasteiger partial charge in [0.2, 0.25) is 0 Å². The molecule has 2 aromatic carbocycles. The van der Waals surface area contributed by atoms with Gasteiger partial charge in [0, 0.05) is 30.3 Å². The van der Waals surface area contributed by atoms with Crippen molar-refractivity contribution in [2.45, 2.75) is 6.42 Å². The molecule has 0 bridgehead atoms. The molecule has 0 aliphatic carbocycles. The second-order valence-electron chi connectivity index (χ2n) is 7.67. The molecule has 9 heteroatoms. The molecule has 0 saturated carbocycles. The summed E-state index contributed by atoms with van der Waals surface area (Å²) in [6.07, 6.45) is 0.804. The van der Waals surface area contributed by atoms with Crippen LogP contribution in [-0.4, -0.2) is 70.4 Å². The van der Waals surface area contributed by atoms with Gasteiger partial charge in [-0.1, -0.05) is 11.3 Å². The minimum atomic E-state index is -0.155. The van der Waals surface area contributed by atoms with Gasteiger partial charge in [0.1, 0.15) is 24.7 Å². The Morgan fingerprint density at radius 2 is 1.66 bits per heavy atom. The van der Waals surface area contributed by atoms with Crippen LogP contribution >= 0.6 is 11.3 Å². The van der Waals surface area contributed by atoms with Crippen molar-refractivity contribution in [2.24, 2.45) is 0 Å². The Balaban J connectivity index is 1.71. The predicted molar refractivity (Wildman–Crippen MR) is 125 cm³/mol. The summed E-state index contributed by atoms with van der Waals surface area (Å²) in [5.41, 5.74) is 1.26. The highest BCUT2D eigenvalue weighted by molar-refractivity contribution is 7.22. The summed E-state index contributed by atoms with van der Waals surface area (Å²) >= 11 is 1.46. The molecule has 0 saturated heterocycles. The molecule has 1 aromatic heterocycles. The Labute approximate surface area is 191 Å². The lowest BCUT2D eigenvalue weighted by Gasteiger charge is -2.21. The first kappa shape index (κ1) is 22.2. The van der Waals surface area contributed by atoms with Crippen LogP contribution in [-0.2, 0) is 0 Å². The number of aromatic nitrogens is 1. The van der Waals surface area contributed by atoms with Crippen molar-refractivity contribution in [1.82, 2.24) is 9.88 Å². The second-order valence-corrected chi connectivity index (χ2v) is 8.68. The molecule has 0 spiro atoms. The van der Waals surface area contributed by atoms with Crippen LogP contribution in [0.15, 0.2) is 30.3 Å². The smallest absolute Gasteiger partial charge is 0.260 e. The minimum absolute atomic E-state index is 0.155. The van der Waals surface area contributed by atoms with E-state index in [0.717, 1.165) is 23.2 Å². The lowest BCUT2D eigenvalue weighted by Crippen LogP contribution is -2.33. The monoisotopic (exact) mass is 457 g/mol. The van der Waals surface area contributed by atoms with Crippen LogP contribution in [0.2, 0.25) is 0 Å². The average Bonchev–Trinajstić information content (AvgIpc) is 3.21. The molecule has 2 heterocycles.